The van der Waals surface area contributed by atoms with Gasteiger partial charge in [0.15, 0.2) is 11.5 Å². The third kappa shape index (κ3) is 2.69. The third-order valence-corrected chi connectivity index (χ3v) is 3.99. The number of aromatic nitrogens is 1. The summed E-state index contributed by atoms with van der Waals surface area (Å²) < 4.78 is 10.6. The summed E-state index contributed by atoms with van der Waals surface area (Å²) in [7, 11) is 3.28. The number of hydrogen-bond acceptors (Lipinski definition) is 6. The van der Waals surface area contributed by atoms with Gasteiger partial charge >= 0.3 is 5.97 Å². The Kier molecular flexibility index (Phi) is 3.96. The number of nitrogens with zero attached hydrogens (tertiary/aromatic N) is 2. The molecular formula is C11H16N2O4S. The smallest absolute Gasteiger partial charge is 0.355 e. The van der Waals surface area contributed by atoms with E-state index < -0.39 is 11.8 Å². The molecule has 0 bridgehead atoms. The fraction of sp³-hybridized carbons (Fsp3) is 0.636. The highest BCUT2D eigenvalue weighted by atomic mass is 32.1. The second-order valence-corrected chi connectivity index (χ2v) is 5.15. The Morgan fingerprint density at radius 3 is 2.72 bits per heavy atom. The van der Waals surface area contributed by atoms with Crippen molar-refractivity contribution in [3.63, 3.8) is 0 Å². The molecule has 18 heavy (non-hydrogen) atoms. The zero-order chi connectivity index (χ0) is 13.2. The fourth-order valence-corrected chi connectivity index (χ4v) is 2.67. The molecule has 2 rings (SSSR count). The number of ether oxygens (including phenoxy) is 2. The Morgan fingerprint density at radius 2 is 2.22 bits per heavy atom. The SMILES string of the molecule is COC1(OC)CN(CCc2nc(C(=O)O)cs2)C1. The number of thiazole rings is 1. The largest absolute Gasteiger partial charge is 0.476 e. The number of carbonyl (C=O) groups is 1. The van der Waals surface area contributed by atoms with Crippen molar-refractivity contribution < 1.29 is 19.4 Å². The van der Waals surface area contributed by atoms with Crippen LogP contribution >= 0.6 is 11.3 Å². The highest BCUT2D eigenvalue weighted by Crippen LogP contribution is 2.25. The molecule has 1 saturated heterocycles. The summed E-state index contributed by atoms with van der Waals surface area (Å²) in [6.07, 6.45) is 0.751. The Labute approximate surface area is 109 Å². The molecule has 0 radical (unpaired) electrons. The number of methoxy groups -OCH3 is 2. The predicted molar refractivity (Wildman–Crippen MR) is 66.0 cm³/mol. The minimum atomic E-state index is -0.973. The molecule has 1 fully saturated rings. The molecule has 0 unspecified atom stereocenters. The zero-order valence-corrected chi connectivity index (χ0v) is 11.2. The molecule has 2 heterocycles. The van der Waals surface area contributed by atoms with Crippen LogP contribution in [0.4, 0.5) is 0 Å². The standard InChI is InChI=1S/C11H16N2O4S/c1-16-11(17-2)6-13(7-11)4-3-9-12-8(5-18-9)10(14)15/h5H,3-4,6-7H2,1-2H3,(H,14,15). The summed E-state index contributed by atoms with van der Waals surface area (Å²) in [6.45, 7) is 2.30. The van der Waals surface area contributed by atoms with Gasteiger partial charge in [0.1, 0.15) is 0 Å². The number of carboxylic acid groups (broad SMARTS) is 1. The van der Waals surface area contributed by atoms with Gasteiger partial charge in [0.25, 0.3) is 0 Å². The van der Waals surface area contributed by atoms with Gasteiger partial charge < -0.3 is 14.6 Å². The maximum Gasteiger partial charge on any atom is 0.355 e. The van der Waals surface area contributed by atoms with Crippen LogP contribution in [-0.4, -0.2) is 60.6 Å². The first-order valence-electron chi connectivity index (χ1n) is 5.59. The summed E-state index contributed by atoms with van der Waals surface area (Å²) in [4.78, 5) is 16.9. The Hall–Kier alpha value is -1.02. The summed E-state index contributed by atoms with van der Waals surface area (Å²) in [5, 5.41) is 11.2. The molecule has 1 aliphatic heterocycles. The van der Waals surface area contributed by atoms with Crippen molar-refractivity contribution in [3.05, 3.63) is 16.1 Å². The summed E-state index contributed by atoms with van der Waals surface area (Å²) in [5.41, 5.74) is 0.127. The molecule has 1 aromatic heterocycles. The molecule has 6 nitrogen and oxygen atoms in total. The van der Waals surface area contributed by atoms with E-state index in [9.17, 15) is 4.79 Å². The molecule has 0 aromatic carbocycles. The number of rotatable bonds is 6. The van der Waals surface area contributed by atoms with Crippen LogP contribution < -0.4 is 0 Å². The number of aromatic carboxylic acids is 1. The van der Waals surface area contributed by atoms with E-state index in [2.05, 4.69) is 9.88 Å². The number of carboxylic acids is 1. The van der Waals surface area contributed by atoms with Crippen LogP contribution in [0, 0.1) is 0 Å². The maximum absolute atomic E-state index is 10.7. The molecule has 0 spiro atoms. The molecule has 1 aliphatic rings. The Bertz CT molecular complexity index is 422. The number of likely N-dealkylation sites (tertiary alicyclic amines) is 1. The van der Waals surface area contributed by atoms with E-state index in [4.69, 9.17) is 14.6 Å². The normalized spacial score (nSPS) is 18.6. The van der Waals surface area contributed by atoms with E-state index >= 15 is 0 Å². The molecule has 0 amide bonds. The quantitative estimate of drug-likeness (QED) is 0.768. The van der Waals surface area contributed by atoms with Gasteiger partial charge in [-0.1, -0.05) is 0 Å². The molecule has 1 N–H and O–H groups in total. The molecular weight excluding hydrogens is 256 g/mol. The van der Waals surface area contributed by atoms with Gasteiger partial charge in [0.05, 0.1) is 18.1 Å². The van der Waals surface area contributed by atoms with Crippen LogP contribution in [0.3, 0.4) is 0 Å². The van der Waals surface area contributed by atoms with Crippen molar-refractivity contribution in [3.8, 4) is 0 Å². The van der Waals surface area contributed by atoms with Crippen molar-refractivity contribution in [2.24, 2.45) is 0 Å². The van der Waals surface area contributed by atoms with E-state index in [1.165, 1.54) is 11.3 Å². The van der Waals surface area contributed by atoms with Crippen LogP contribution in [0.1, 0.15) is 15.5 Å². The van der Waals surface area contributed by atoms with Crippen molar-refractivity contribution in [2.45, 2.75) is 12.2 Å². The van der Waals surface area contributed by atoms with Crippen LogP contribution in [0.2, 0.25) is 0 Å². The second kappa shape index (κ2) is 5.31. The second-order valence-electron chi connectivity index (χ2n) is 4.21. The highest BCUT2D eigenvalue weighted by Gasteiger charge is 2.43. The van der Waals surface area contributed by atoms with Crippen LogP contribution in [0.15, 0.2) is 5.38 Å². The first-order chi connectivity index (χ1) is 8.58. The lowest BCUT2D eigenvalue weighted by atomic mass is 10.1. The van der Waals surface area contributed by atoms with Crippen LogP contribution in [0.5, 0.6) is 0 Å². The van der Waals surface area contributed by atoms with Crippen molar-refractivity contribution in [1.29, 1.82) is 0 Å². The first-order valence-corrected chi connectivity index (χ1v) is 6.47. The molecule has 0 atom stereocenters. The summed E-state index contributed by atoms with van der Waals surface area (Å²) in [5.74, 6) is -1.44. The third-order valence-electron chi connectivity index (χ3n) is 3.09. The van der Waals surface area contributed by atoms with Crippen LogP contribution in [0.25, 0.3) is 0 Å². The van der Waals surface area contributed by atoms with E-state index in [-0.39, 0.29) is 5.69 Å². The summed E-state index contributed by atoms with van der Waals surface area (Å²) >= 11 is 1.38. The minimum absolute atomic E-state index is 0.127. The zero-order valence-electron chi connectivity index (χ0n) is 10.4. The van der Waals surface area contributed by atoms with E-state index in [0.717, 1.165) is 31.1 Å². The average molecular weight is 272 g/mol. The molecule has 1 aromatic rings. The minimum Gasteiger partial charge on any atom is -0.476 e. The lowest BCUT2D eigenvalue weighted by Crippen LogP contribution is -2.64. The monoisotopic (exact) mass is 272 g/mol. The van der Waals surface area contributed by atoms with Gasteiger partial charge in [0.2, 0.25) is 0 Å². The maximum atomic E-state index is 10.7. The van der Waals surface area contributed by atoms with E-state index in [1.807, 2.05) is 0 Å². The van der Waals surface area contributed by atoms with Crippen molar-refractivity contribution >= 4 is 17.3 Å². The topological polar surface area (TPSA) is 71.9 Å². The van der Waals surface area contributed by atoms with Gasteiger partial charge in [-0.2, -0.15) is 0 Å². The van der Waals surface area contributed by atoms with Crippen molar-refractivity contribution in [2.75, 3.05) is 33.9 Å². The van der Waals surface area contributed by atoms with Crippen LogP contribution in [-0.2, 0) is 15.9 Å². The Morgan fingerprint density at radius 1 is 1.56 bits per heavy atom. The van der Waals surface area contributed by atoms with Gasteiger partial charge in [-0.25, -0.2) is 9.78 Å². The molecule has 0 aliphatic carbocycles. The molecule has 7 heteroatoms. The van der Waals surface area contributed by atoms with Gasteiger partial charge in [-0.05, 0) is 0 Å². The van der Waals surface area contributed by atoms with Gasteiger partial charge in [-0.15, -0.1) is 11.3 Å². The lowest BCUT2D eigenvalue weighted by molar-refractivity contribution is -0.275. The van der Waals surface area contributed by atoms with Crippen molar-refractivity contribution in [1.82, 2.24) is 9.88 Å². The fourth-order valence-electron chi connectivity index (χ4n) is 1.91. The molecule has 0 saturated carbocycles. The van der Waals surface area contributed by atoms with E-state index in [1.54, 1.807) is 19.6 Å². The average Bonchev–Trinajstić information content (AvgIpc) is 2.77. The number of hydrogen-bond donors (Lipinski definition) is 1. The summed E-state index contributed by atoms with van der Waals surface area (Å²) in [6, 6.07) is 0. The van der Waals surface area contributed by atoms with E-state index in [0.29, 0.717) is 0 Å². The predicted octanol–water partition coefficient (Wildman–Crippen LogP) is 0.689. The van der Waals surface area contributed by atoms with Gasteiger partial charge in [0, 0.05) is 32.6 Å². The molecule has 100 valence electrons. The van der Waals surface area contributed by atoms with Gasteiger partial charge in [-0.3, -0.25) is 4.90 Å². The Balaban J connectivity index is 1.78. The first kappa shape index (κ1) is 13.4. The lowest BCUT2D eigenvalue weighted by Gasteiger charge is -2.47. The highest BCUT2D eigenvalue weighted by molar-refractivity contribution is 7.09.